The molecule has 0 saturated heterocycles. The number of nitriles is 1. The molecule has 0 fully saturated rings. The van der Waals surface area contributed by atoms with Crippen molar-refractivity contribution >= 4 is 22.5 Å². The summed E-state index contributed by atoms with van der Waals surface area (Å²) in [5.74, 6) is 0. The molecule has 0 amide bonds. The number of nitrogens with zero attached hydrogens (tertiary/aromatic N) is 3. The van der Waals surface area contributed by atoms with Crippen LogP contribution in [-0.2, 0) is 13.2 Å². The first-order valence-corrected chi connectivity index (χ1v) is 6.91. The van der Waals surface area contributed by atoms with E-state index in [2.05, 4.69) is 11.1 Å². The molecule has 0 aliphatic heterocycles. The van der Waals surface area contributed by atoms with Gasteiger partial charge in [0.15, 0.2) is 0 Å². The predicted molar refractivity (Wildman–Crippen MR) is 80.9 cm³/mol. The van der Waals surface area contributed by atoms with Gasteiger partial charge >= 0.3 is 6.18 Å². The van der Waals surface area contributed by atoms with Crippen molar-refractivity contribution < 1.29 is 13.2 Å². The minimum absolute atomic E-state index is 0.228. The minimum Gasteiger partial charge on any atom is -0.342 e. The fourth-order valence-corrected chi connectivity index (χ4v) is 2.75. The first kappa shape index (κ1) is 15.4. The molecule has 0 radical (unpaired) electrons. The molecule has 0 aliphatic carbocycles. The summed E-state index contributed by atoms with van der Waals surface area (Å²) in [5.41, 5.74) is 0.707. The van der Waals surface area contributed by atoms with E-state index < -0.39 is 11.7 Å². The first-order valence-electron chi connectivity index (χ1n) is 6.53. The molecule has 0 bridgehead atoms. The Morgan fingerprint density at radius 2 is 1.96 bits per heavy atom. The molecule has 3 rings (SSSR count). The number of halogens is 4. The van der Waals surface area contributed by atoms with Crippen molar-refractivity contribution in [3.05, 3.63) is 52.8 Å². The predicted octanol–water partition coefficient (Wildman–Crippen LogP) is 4.78. The van der Waals surface area contributed by atoms with E-state index in [1.54, 1.807) is 29.8 Å². The highest BCUT2D eigenvalue weighted by Crippen LogP contribution is 2.36. The van der Waals surface area contributed by atoms with Crippen molar-refractivity contribution in [1.29, 1.82) is 5.26 Å². The Balaban J connectivity index is 2.33. The second-order valence-electron chi connectivity index (χ2n) is 5.02. The summed E-state index contributed by atoms with van der Waals surface area (Å²) in [6.07, 6.45) is -2.43. The summed E-state index contributed by atoms with van der Waals surface area (Å²) in [5, 5.41) is 10.6. The average Bonchev–Trinajstić information content (AvgIpc) is 2.78. The van der Waals surface area contributed by atoms with E-state index >= 15 is 0 Å². The summed E-state index contributed by atoms with van der Waals surface area (Å²) in [7, 11) is 1.68. The summed E-state index contributed by atoms with van der Waals surface area (Å²) >= 11 is 5.97. The molecule has 0 aliphatic rings. The summed E-state index contributed by atoms with van der Waals surface area (Å²) < 4.78 is 40.3. The van der Waals surface area contributed by atoms with Crippen LogP contribution in [0.4, 0.5) is 13.2 Å². The summed E-state index contributed by atoms with van der Waals surface area (Å²) in [4.78, 5) is 3.66. The van der Waals surface area contributed by atoms with Crippen LogP contribution in [0.25, 0.3) is 22.2 Å². The maximum absolute atomic E-state index is 12.9. The van der Waals surface area contributed by atoms with Crippen LogP contribution in [0.5, 0.6) is 0 Å². The van der Waals surface area contributed by atoms with Crippen molar-refractivity contribution in [2.75, 3.05) is 0 Å². The highest BCUT2D eigenvalue weighted by Gasteiger charge is 2.31. The Morgan fingerprint density at radius 1 is 1.22 bits per heavy atom. The number of alkyl halides is 3. The normalized spacial score (nSPS) is 11.7. The molecule has 0 unspecified atom stereocenters. The Morgan fingerprint density at radius 3 is 2.61 bits per heavy atom. The quantitative estimate of drug-likeness (QED) is 0.642. The average molecular weight is 336 g/mol. The van der Waals surface area contributed by atoms with Crippen LogP contribution in [0.3, 0.4) is 0 Å². The van der Waals surface area contributed by atoms with Crippen molar-refractivity contribution in [2.45, 2.75) is 6.18 Å². The number of hydrogen-bond donors (Lipinski definition) is 0. The molecule has 0 spiro atoms. The first-order chi connectivity index (χ1) is 10.8. The third kappa shape index (κ3) is 2.53. The van der Waals surface area contributed by atoms with Crippen LogP contribution in [0.1, 0.15) is 11.1 Å². The zero-order valence-electron chi connectivity index (χ0n) is 11.8. The van der Waals surface area contributed by atoms with Gasteiger partial charge in [-0.1, -0.05) is 11.6 Å². The Hall–Kier alpha value is -2.52. The number of rotatable bonds is 1. The van der Waals surface area contributed by atoms with Crippen molar-refractivity contribution in [3.63, 3.8) is 0 Å². The molecule has 3 aromatic rings. The van der Waals surface area contributed by atoms with Gasteiger partial charge in [-0.2, -0.15) is 18.4 Å². The maximum Gasteiger partial charge on any atom is 0.417 e. The number of aryl methyl sites for hydroxylation is 1. The van der Waals surface area contributed by atoms with Gasteiger partial charge in [0, 0.05) is 35.4 Å². The van der Waals surface area contributed by atoms with Crippen molar-refractivity contribution in [3.8, 4) is 17.3 Å². The monoisotopic (exact) mass is 335 g/mol. The third-order valence-electron chi connectivity index (χ3n) is 3.61. The van der Waals surface area contributed by atoms with Crippen LogP contribution in [0.2, 0.25) is 5.02 Å². The van der Waals surface area contributed by atoms with Crippen LogP contribution in [0, 0.1) is 11.3 Å². The number of pyridine rings is 1. The maximum atomic E-state index is 12.9. The van der Waals surface area contributed by atoms with Crippen molar-refractivity contribution in [1.82, 2.24) is 9.55 Å². The second-order valence-corrected chi connectivity index (χ2v) is 5.45. The number of fused-ring (bicyclic) bond motifs is 1. The molecule has 2 heterocycles. The van der Waals surface area contributed by atoms with Crippen LogP contribution in [-0.4, -0.2) is 9.55 Å². The molecule has 0 saturated carbocycles. The van der Waals surface area contributed by atoms with Gasteiger partial charge in [-0.3, -0.25) is 4.98 Å². The van der Waals surface area contributed by atoms with Crippen LogP contribution >= 0.6 is 11.6 Å². The van der Waals surface area contributed by atoms with E-state index in [-0.39, 0.29) is 5.56 Å². The molecule has 0 atom stereocenters. The highest BCUT2D eigenvalue weighted by atomic mass is 35.5. The van der Waals surface area contributed by atoms with E-state index in [0.29, 0.717) is 27.2 Å². The minimum atomic E-state index is -4.50. The lowest BCUT2D eigenvalue weighted by Crippen LogP contribution is -2.06. The Labute approximate surface area is 134 Å². The van der Waals surface area contributed by atoms with Gasteiger partial charge in [0.05, 0.1) is 22.3 Å². The zero-order valence-corrected chi connectivity index (χ0v) is 12.6. The summed E-state index contributed by atoms with van der Waals surface area (Å²) in [6, 6.07) is 8.04. The van der Waals surface area contributed by atoms with Gasteiger partial charge in [-0.15, -0.1) is 0 Å². The lowest BCUT2D eigenvalue weighted by atomic mass is 10.1. The van der Waals surface area contributed by atoms with Crippen LogP contribution < -0.4 is 0 Å². The third-order valence-corrected chi connectivity index (χ3v) is 3.85. The number of benzene rings is 1. The fourth-order valence-electron chi connectivity index (χ4n) is 2.59. The SMILES string of the molecule is Cn1c(-c2cncc(C(F)(F)F)c2)c(C#N)c2ccc(Cl)cc21. The smallest absolute Gasteiger partial charge is 0.342 e. The van der Waals surface area contributed by atoms with E-state index in [9.17, 15) is 18.4 Å². The summed E-state index contributed by atoms with van der Waals surface area (Å²) in [6.45, 7) is 0. The molecule has 0 N–H and O–H groups in total. The van der Waals surface area contributed by atoms with E-state index in [0.717, 1.165) is 12.3 Å². The van der Waals surface area contributed by atoms with Gasteiger partial charge in [-0.05, 0) is 24.3 Å². The molecule has 116 valence electrons. The number of aromatic nitrogens is 2. The van der Waals surface area contributed by atoms with Gasteiger partial charge in [-0.25, -0.2) is 0 Å². The van der Waals surface area contributed by atoms with Crippen molar-refractivity contribution in [2.24, 2.45) is 7.05 Å². The van der Waals surface area contributed by atoms with Gasteiger partial charge in [0.1, 0.15) is 6.07 Å². The zero-order chi connectivity index (χ0) is 16.8. The molecule has 1 aromatic carbocycles. The molecule has 7 heteroatoms. The fraction of sp³-hybridized carbons (Fsp3) is 0.125. The standard InChI is InChI=1S/C16H9ClF3N3/c1-23-14-5-11(17)2-3-12(14)13(6-21)15(23)9-4-10(8-22-7-9)16(18,19)20/h2-5,7-8H,1H3. The number of hydrogen-bond acceptors (Lipinski definition) is 2. The molecular formula is C16H9ClF3N3. The Kier molecular flexibility index (Phi) is 3.53. The lowest BCUT2D eigenvalue weighted by molar-refractivity contribution is -0.137. The van der Waals surface area contributed by atoms with Crippen LogP contribution in [0.15, 0.2) is 36.7 Å². The molecular weight excluding hydrogens is 327 g/mol. The topological polar surface area (TPSA) is 41.6 Å². The highest BCUT2D eigenvalue weighted by molar-refractivity contribution is 6.31. The van der Waals surface area contributed by atoms with E-state index in [1.807, 2.05) is 0 Å². The molecule has 23 heavy (non-hydrogen) atoms. The van der Waals surface area contributed by atoms with Gasteiger partial charge in [0.2, 0.25) is 0 Å². The molecule has 3 nitrogen and oxygen atoms in total. The van der Waals surface area contributed by atoms with Gasteiger partial charge in [0.25, 0.3) is 0 Å². The second kappa shape index (κ2) is 5.28. The Bertz CT molecular complexity index is 952. The van der Waals surface area contributed by atoms with Gasteiger partial charge < -0.3 is 4.57 Å². The van der Waals surface area contributed by atoms with E-state index in [1.165, 1.54) is 6.20 Å². The largest absolute Gasteiger partial charge is 0.417 e. The van der Waals surface area contributed by atoms with E-state index in [4.69, 9.17) is 11.6 Å². The molecule has 2 aromatic heterocycles. The lowest BCUT2D eigenvalue weighted by Gasteiger charge is -2.09.